The molecule has 0 bridgehead atoms. The summed E-state index contributed by atoms with van der Waals surface area (Å²) >= 11 is 0. The lowest BCUT2D eigenvalue weighted by atomic mass is 10.1. The molecular weight excluding hydrogens is 385 g/mol. The van der Waals surface area contributed by atoms with E-state index in [0.29, 0.717) is 23.4 Å². The maximum absolute atomic E-state index is 12.6. The Morgan fingerprint density at radius 3 is 2.59 bits per heavy atom. The van der Waals surface area contributed by atoms with Crippen molar-refractivity contribution in [2.24, 2.45) is 5.92 Å². The fourth-order valence-electron chi connectivity index (χ4n) is 3.25. The van der Waals surface area contributed by atoms with Gasteiger partial charge in [-0.2, -0.15) is 13.2 Å². The molecule has 1 unspecified atom stereocenters. The molecular formula is C21H21F3N2O3. The molecule has 0 saturated carbocycles. The summed E-state index contributed by atoms with van der Waals surface area (Å²) in [5, 5.41) is 2.77. The number of hydrogen-bond acceptors (Lipinski definition) is 3. The van der Waals surface area contributed by atoms with E-state index in [9.17, 15) is 22.8 Å². The van der Waals surface area contributed by atoms with Crippen molar-refractivity contribution in [3.05, 3.63) is 59.7 Å². The number of anilines is 1. The van der Waals surface area contributed by atoms with Gasteiger partial charge in [-0.1, -0.05) is 18.2 Å². The number of carbonyl (C=O) groups is 2. The minimum atomic E-state index is -4.36. The van der Waals surface area contributed by atoms with Gasteiger partial charge in [0.05, 0.1) is 18.6 Å². The number of amides is 2. The van der Waals surface area contributed by atoms with Gasteiger partial charge in [0.15, 0.2) is 0 Å². The topological polar surface area (TPSA) is 58.6 Å². The Bertz CT molecular complexity index is 881. The summed E-state index contributed by atoms with van der Waals surface area (Å²) in [6.45, 7) is 0.562. The first-order valence-corrected chi connectivity index (χ1v) is 9.16. The Kier molecular flexibility index (Phi) is 6.10. The van der Waals surface area contributed by atoms with Crippen molar-refractivity contribution in [3.8, 4) is 5.75 Å². The van der Waals surface area contributed by atoms with Gasteiger partial charge in [0.1, 0.15) is 5.75 Å². The maximum atomic E-state index is 12.6. The van der Waals surface area contributed by atoms with E-state index in [1.54, 1.807) is 29.2 Å². The van der Waals surface area contributed by atoms with Crippen molar-refractivity contribution in [2.45, 2.75) is 19.0 Å². The van der Waals surface area contributed by atoms with E-state index in [2.05, 4.69) is 5.32 Å². The number of methoxy groups -OCH3 is 1. The highest BCUT2D eigenvalue weighted by Gasteiger charge is 2.35. The first-order chi connectivity index (χ1) is 13.8. The van der Waals surface area contributed by atoms with Crippen LogP contribution in [-0.4, -0.2) is 32.0 Å². The molecule has 0 spiro atoms. The monoisotopic (exact) mass is 406 g/mol. The second-order valence-electron chi connectivity index (χ2n) is 6.84. The van der Waals surface area contributed by atoms with Crippen LogP contribution < -0.4 is 15.0 Å². The lowest BCUT2D eigenvalue weighted by Crippen LogP contribution is -2.34. The van der Waals surface area contributed by atoms with Crippen molar-refractivity contribution >= 4 is 17.5 Å². The van der Waals surface area contributed by atoms with E-state index in [1.165, 1.54) is 19.2 Å². The zero-order valence-electron chi connectivity index (χ0n) is 15.8. The second kappa shape index (κ2) is 8.55. The van der Waals surface area contributed by atoms with Gasteiger partial charge in [-0.15, -0.1) is 0 Å². The van der Waals surface area contributed by atoms with E-state index < -0.39 is 17.7 Å². The molecule has 1 fully saturated rings. The Morgan fingerprint density at radius 2 is 1.93 bits per heavy atom. The van der Waals surface area contributed by atoms with Crippen LogP contribution in [0.3, 0.4) is 0 Å². The Hall–Kier alpha value is -3.03. The van der Waals surface area contributed by atoms with Gasteiger partial charge >= 0.3 is 6.18 Å². The van der Waals surface area contributed by atoms with Crippen LogP contribution in [-0.2, 0) is 22.2 Å². The van der Waals surface area contributed by atoms with Gasteiger partial charge in [-0.3, -0.25) is 9.59 Å². The van der Waals surface area contributed by atoms with Crippen LogP contribution in [0.15, 0.2) is 48.5 Å². The predicted molar refractivity (Wildman–Crippen MR) is 102 cm³/mol. The molecule has 0 aromatic heterocycles. The number of hydrogen-bond donors (Lipinski definition) is 1. The van der Waals surface area contributed by atoms with Crippen LogP contribution in [0.2, 0.25) is 0 Å². The standard InChI is InChI=1S/C21H21F3N2O3/c1-29-18-4-2-3-17(12-18)26-13-15(11-19(26)27)20(28)25-10-9-14-5-7-16(8-6-14)21(22,23)24/h2-8,12,15H,9-11,13H2,1H3,(H,25,28). The van der Waals surface area contributed by atoms with Gasteiger partial charge in [0, 0.05) is 31.3 Å². The van der Waals surface area contributed by atoms with Crippen LogP contribution in [0, 0.1) is 5.92 Å². The molecule has 1 N–H and O–H groups in total. The number of nitrogens with zero attached hydrogens (tertiary/aromatic N) is 1. The van der Waals surface area contributed by atoms with E-state index in [-0.39, 0.29) is 31.3 Å². The third-order valence-electron chi connectivity index (χ3n) is 4.85. The summed E-state index contributed by atoms with van der Waals surface area (Å²) < 4.78 is 42.9. The lowest BCUT2D eigenvalue weighted by molar-refractivity contribution is -0.137. The molecule has 2 amide bonds. The molecule has 2 aromatic carbocycles. The molecule has 1 heterocycles. The highest BCUT2D eigenvalue weighted by Crippen LogP contribution is 2.29. The van der Waals surface area contributed by atoms with Crippen LogP contribution in [0.1, 0.15) is 17.5 Å². The summed E-state index contributed by atoms with van der Waals surface area (Å²) in [5.41, 5.74) is 0.667. The van der Waals surface area contributed by atoms with Crippen LogP contribution in [0.25, 0.3) is 0 Å². The molecule has 5 nitrogen and oxygen atoms in total. The van der Waals surface area contributed by atoms with Gasteiger partial charge in [0.25, 0.3) is 0 Å². The van der Waals surface area contributed by atoms with Crippen molar-refractivity contribution in [2.75, 3.05) is 25.1 Å². The van der Waals surface area contributed by atoms with Gasteiger partial charge in [-0.25, -0.2) is 0 Å². The number of halogens is 3. The Balaban J connectivity index is 1.52. The van der Waals surface area contributed by atoms with Crippen LogP contribution in [0.5, 0.6) is 5.75 Å². The molecule has 1 atom stereocenters. The first-order valence-electron chi connectivity index (χ1n) is 9.16. The molecule has 0 aliphatic carbocycles. The SMILES string of the molecule is COc1cccc(N2CC(C(=O)NCCc3ccc(C(F)(F)F)cc3)CC2=O)c1. The first kappa shape index (κ1) is 20.7. The quantitative estimate of drug-likeness (QED) is 0.800. The third kappa shape index (κ3) is 5.07. The molecule has 1 aliphatic heterocycles. The average molecular weight is 406 g/mol. The average Bonchev–Trinajstić information content (AvgIpc) is 3.09. The number of benzene rings is 2. The largest absolute Gasteiger partial charge is 0.497 e. The Labute approximate surface area is 166 Å². The highest BCUT2D eigenvalue weighted by molar-refractivity contribution is 6.00. The summed E-state index contributed by atoms with van der Waals surface area (Å²) in [7, 11) is 1.54. The van der Waals surface area contributed by atoms with Gasteiger partial charge in [0.2, 0.25) is 11.8 Å². The number of rotatable bonds is 6. The molecule has 2 aromatic rings. The zero-order chi connectivity index (χ0) is 21.0. The number of alkyl halides is 3. The van der Waals surface area contributed by atoms with Crippen molar-refractivity contribution < 1.29 is 27.5 Å². The molecule has 3 rings (SSSR count). The number of carbonyl (C=O) groups excluding carboxylic acids is 2. The minimum absolute atomic E-state index is 0.114. The fraction of sp³-hybridized carbons (Fsp3) is 0.333. The van der Waals surface area contributed by atoms with Crippen LogP contribution >= 0.6 is 0 Å². The predicted octanol–water partition coefficient (Wildman–Crippen LogP) is 3.43. The van der Waals surface area contributed by atoms with Crippen molar-refractivity contribution in [1.29, 1.82) is 0 Å². The summed E-state index contributed by atoms with van der Waals surface area (Å²) in [6.07, 6.45) is -3.84. The minimum Gasteiger partial charge on any atom is -0.497 e. The summed E-state index contributed by atoms with van der Waals surface area (Å²) in [5.74, 6) is -0.224. The zero-order valence-corrected chi connectivity index (χ0v) is 15.8. The van der Waals surface area contributed by atoms with Crippen LogP contribution in [0.4, 0.5) is 18.9 Å². The summed E-state index contributed by atoms with van der Waals surface area (Å²) in [6, 6.07) is 11.9. The van der Waals surface area contributed by atoms with E-state index in [4.69, 9.17) is 4.74 Å². The van der Waals surface area contributed by atoms with E-state index in [1.807, 2.05) is 0 Å². The third-order valence-corrected chi connectivity index (χ3v) is 4.85. The van der Waals surface area contributed by atoms with Gasteiger partial charge < -0.3 is 15.0 Å². The highest BCUT2D eigenvalue weighted by atomic mass is 19.4. The number of ether oxygens (including phenoxy) is 1. The summed E-state index contributed by atoms with van der Waals surface area (Å²) in [4.78, 5) is 26.3. The fourth-order valence-corrected chi connectivity index (χ4v) is 3.25. The molecule has 0 radical (unpaired) electrons. The smallest absolute Gasteiger partial charge is 0.416 e. The second-order valence-corrected chi connectivity index (χ2v) is 6.84. The maximum Gasteiger partial charge on any atom is 0.416 e. The molecule has 8 heteroatoms. The lowest BCUT2D eigenvalue weighted by Gasteiger charge is -2.17. The number of nitrogens with one attached hydrogen (secondary N) is 1. The van der Waals surface area contributed by atoms with Crippen molar-refractivity contribution in [3.63, 3.8) is 0 Å². The molecule has 1 saturated heterocycles. The molecule has 1 aliphatic rings. The molecule has 154 valence electrons. The molecule has 29 heavy (non-hydrogen) atoms. The van der Waals surface area contributed by atoms with Gasteiger partial charge in [-0.05, 0) is 36.2 Å². The Morgan fingerprint density at radius 1 is 1.21 bits per heavy atom. The van der Waals surface area contributed by atoms with E-state index in [0.717, 1.165) is 12.1 Å². The van der Waals surface area contributed by atoms with Crippen molar-refractivity contribution in [1.82, 2.24) is 5.32 Å². The van der Waals surface area contributed by atoms with E-state index >= 15 is 0 Å². The normalized spacial score (nSPS) is 16.8.